The number of hydrogen-bond donors (Lipinski definition) is 0. The Kier molecular flexibility index (Phi) is 4.78. The average Bonchev–Trinajstić information content (AvgIpc) is 3.22. The summed E-state index contributed by atoms with van der Waals surface area (Å²) in [5.41, 5.74) is 3.49. The van der Waals surface area contributed by atoms with Gasteiger partial charge in [-0.05, 0) is 48.9 Å². The third kappa shape index (κ3) is 3.24. The van der Waals surface area contributed by atoms with E-state index in [1.807, 2.05) is 54.6 Å². The Morgan fingerprint density at radius 2 is 1.53 bits per heavy atom. The summed E-state index contributed by atoms with van der Waals surface area (Å²) in [6, 6.07) is 21.6. The van der Waals surface area contributed by atoms with Crippen molar-refractivity contribution in [3.8, 4) is 11.4 Å². The second kappa shape index (κ2) is 7.77. The monoisotopic (exact) mass is 424 g/mol. The standard InChI is InChI=1S/C25H20N4O3/c1-17(30)23-21-14-16-28(25(32)24(21)29(26-23)20-7-3-2-4-8-20)19-12-10-18(11-13-19)27-15-6-5-9-22(27)31/h2-13,15H,14,16H2,1H3. The molecule has 7 nitrogen and oxygen atoms in total. The van der Waals surface area contributed by atoms with Crippen molar-refractivity contribution in [3.05, 3.63) is 106 Å². The second-order valence-corrected chi connectivity index (χ2v) is 7.61. The fraction of sp³-hybridized carbons (Fsp3) is 0.120. The van der Waals surface area contributed by atoms with E-state index in [0.717, 1.165) is 17.1 Å². The average molecular weight is 424 g/mol. The molecule has 0 N–H and O–H groups in total. The van der Waals surface area contributed by atoms with Crippen molar-refractivity contribution >= 4 is 17.4 Å². The minimum absolute atomic E-state index is 0.123. The summed E-state index contributed by atoms with van der Waals surface area (Å²) >= 11 is 0. The van der Waals surface area contributed by atoms with Gasteiger partial charge in [-0.25, -0.2) is 4.68 Å². The van der Waals surface area contributed by atoms with Gasteiger partial charge in [0, 0.05) is 42.7 Å². The topological polar surface area (TPSA) is 77.2 Å². The Morgan fingerprint density at radius 1 is 0.844 bits per heavy atom. The molecular weight excluding hydrogens is 404 g/mol. The molecule has 4 aromatic rings. The van der Waals surface area contributed by atoms with Crippen molar-refractivity contribution < 1.29 is 9.59 Å². The van der Waals surface area contributed by atoms with Gasteiger partial charge in [0.05, 0.1) is 5.69 Å². The predicted octanol–water partition coefficient (Wildman–Crippen LogP) is 3.43. The SMILES string of the molecule is CC(=O)c1nn(-c2ccccc2)c2c1CCN(c1ccc(-n3ccccc3=O)cc1)C2=O. The van der Waals surface area contributed by atoms with Crippen LogP contribution >= 0.6 is 0 Å². The normalized spacial score (nSPS) is 13.2. The van der Waals surface area contributed by atoms with Crippen molar-refractivity contribution in [2.24, 2.45) is 0 Å². The number of fused-ring (bicyclic) bond motifs is 1. The highest BCUT2D eigenvalue weighted by Crippen LogP contribution is 2.29. The highest BCUT2D eigenvalue weighted by Gasteiger charge is 2.34. The highest BCUT2D eigenvalue weighted by molar-refractivity contribution is 6.09. The number of benzene rings is 2. The first-order valence-electron chi connectivity index (χ1n) is 10.3. The van der Waals surface area contributed by atoms with Crippen molar-refractivity contribution in [1.29, 1.82) is 0 Å². The number of Topliss-reactive ketones (excluding diaryl/α,β-unsaturated/α-hetero) is 1. The molecule has 0 bridgehead atoms. The smallest absolute Gasteiger partial charge is 0.277 e. The molecule has 1 aliphatic rings. The van der Waals surface area contributed by atoms with E-state index in [0.29, 0.717) is 29.9 Å². The fourth-order valence-corrected chi connectivity index (χ4v) is 4.08. The molecular formula is C25H20N4O3. The van der Waals surface area contributed by atoms with Gasteiger partial charge in [0.2, 0.25) is 0 Å². The lowest BCUT2D eigenvalue weighted by atomic mass is 10.0. The maximum Gasteiger partial charge on any atom is 0.277 e. The summed E-state index contributed by atoms with van der Waals surface area (Å²) in [5.74, 6) is -0.366. The van der Waals surface area contributed by atoms with Crippen LogP contribution in [0.5, 0.6) is 0 Å². The highest BCUT2D eigenvalue weighted by atomic mass is 16.2. The molecule has 7 heteroatoms. The number of hydrogen-bond acceptors (Lipinski definition) is 4. The van der Waals surface area contributed by atoms with Crippen LogP contribution in [0, 0.1) is 0 Å². The third-order valence-corrected chi connectivity index (χ3v) is 5.61. The Labute approximate surface area is 184 Å². The molecule has 0 atom stereocenters. The maximum absolute atomic E-state index is 13.6. The van der Waals surface area contributed by atoms with E-state index in [9.17, 15) is 14.4 Å². The number of rotatable bonds is 4. The summed E-state index contributed by atoms with van der Waals surface area (Å²) in [6.07, 6.45) is 2.24. The van der Waals surface area contributed by atoms with Gasteiger partial charge in [0.1, 0.15) is 11.4 Å². The summed E-state index contributed by atoms with van der Waals surface area (Å²) in [6.45, 7) is 1.91. The fourth-order valence-electron chi connectivity index (χ4n) is 4.08. The van der Waals surface area contributed by atoms with Gasteiger partial charge >= 0.3 is 0 Å². The van der Waals surface area contributed by atoms with Gasteiger partial charge in [-0.15, -0.1) is 0 Å². The summed E-state index contributed by atoms with van der Waals surface area (Å²) in [5, 5.41) is 4.49. The van der Waals surface area contributed by atoms with Crippen molar-refractivity contribution in [2.45, 2.75) is 13.3 Å². The molecule has 0 aliphatic carbocycles. The van der Waals surface area contributed by atoms with Gasteiger partial charge in [0.15, 0.2) is 5.78 Å². The quantitative estimate of drug-likeness (QED) is 0.471. The number of nitrogens with zero attached hydrogens (tertiary/aromatic N) is 4. The molecule has 0 unspecified atom stereocenters. The van der Waals surface area contributed by atoms with E-state index in [-0.39, 0.29) is 17.2 Å². The number of carbonyl (C=O) groups is 2. The van der Waals surface area contributed by atoms with Gasteiger partial charge in [-0.3, -0.25) is 19.0 Å². The van der Waals surface area contributed by atoms with Gasteiger partial charge in [-0.2, -0.15) is 5.10 Å². The van der Waals surface area contributed by atoms with E-state index in [1.54, 1.807) is 32.5 Å². The van der Waals surface area contributed by atoms with Crippen molar-refractivity contribution in [1.82, 2.24) is 14.3 Å². The lowest BCUT2D eigenvalue weighted by Crippen LogP contribution is -2.39. The largest absolute Gasteiger partial charge is 0.307 e. The van der Waals surface area contributed by atoms with Crippen LogP contribution in [-0.2, 0) is 6.42 Å². The molecule has 0 fully saturated rings. The van der Waals surface area contributed by atoms with Crippen molar-refractivity contribution in [3.63, 3.8) is 0 Å². The Hall–Kier alpha value is -4.26. The van der Waals surface area contributed by atoms with E-state index >= 15 is 0 Å². The van der Waals surface area contributed by atoms with Crippen LogP contribution in [-0.4, -0.2) is 32.6 Å². The van der Waals surface area contributed by atoms with Gasteiger partial charge in [0.25, 0.3) is 11.5 Å². The Morgan fingerprint density at radius 3 is 2.22 bits per heavy atom. The van der Waals surface area contributed by atoms with E-state index in [4.69, 9.17) is 0 Å². The molecule has 1 amide bonds. The maximum atomic E-state index is 13.6. The second-order valence-electron chi connectivity index (χ2n) is 7.61. The molecule has 0 saturated carbocycles. The summed E-state index contributed by atoms with van der Waals surface area (Å²) < 4.78 is 3.11. The molecule has 1 aliphatic heterocycles. The minimum atomic E-state index is -0.209. The first-order chi connectivity index (χ1) is 15.5. The van der Waals surface area contributed by atoms with Crippen LogP contribution in [0.4, 0.5) is 5.69 Å². The van der Waals surface area contributed by atoms with Gasteiger partial charge in [-0.1, -0.05) is 24.3 Å². The number of anilines is 1. The van der Waals surface area contributed by atoms with Crippen LogP contribution in [0.15, 0.2) is 83.8 Å². The van der Waals surface area contributed by atoms with Crippen LogP contribution in [0.1, 0.15) is 33.5 Å². The number of pyridine rings is 1. The number of amides is 1. The zero-order valence-corrected chi connectivity index (χ0v) is 17.4. The summed E-state index contributed by atoms with van der Waals surface area (Å²) in [4.78, 5) is 39.5. The summed E-state index contributed by atoms with van der Waals surface area (Å²) in [7, 11) is 0. The van der Waals surface area contributed by atoms with Crippen LogP contribution in [0.3, 0.4) is 0 Å². The molecule has 2 aromatic heterocycles. The first-order valence-corrected chi connectivity index (χ1v) is 10.3. The lowest BCUT2D eigenvalue weighted by Gasteiger charge is -2.28. The van der Waals surface area contributed by atoms with Crippen LogP contribution < -0.4 is 10.5 Å². The molecule has 158 valence electrons. The molecule has 0 radical (unpaired) electrons. The van der Waals surface area contributed by atoms with Crippen molar-refractivity contribution in [2.75, 3.05) is 11.4 Å². The third-order valence-electron chi connectivity index (χ3n) is 5.61. The number of carbonyl (C=O) groups excluding carboxylic acids is 2. The molecule has 3 heterocycles. The van der Waals surface area contributed by atoms with Crippen LogP contribution in [0.2, 0.25) is 0 Å². The van der Waals surface area contributed by atoms with E-state index < -0.39 is 0 Å². The molecule has 2 aromatic carbocycles. The number of aromatic nitrogens is 3. The zero-order chi connectivity index (χ0) is 22.2. The first kappa shape index (κ1) is 19.7. The Balaban J connectivity index is 1.54. The minimum Gasteiger partial charge on any atom is -0.307 e. The van der Waals surface area contributed by atoms with Crippen LogP contribution in [0.25, 0.3) is 11.4 Å². The molecule has 5 rings (SSSR count). The number of para-hydroxylation sites is 1. The molecule has 0 saturated heterocycles. The van der Waals surface area contributed by atoms with E-state index in [1.165, 1.54) is 13.0 Å². The van der Waals surface area contributed by atoms with E-state index in [2.05, 4.69) is 5.10 Å². The zero-order valence-electron chi connectivity index (χ0n) is 17.4. The van der Waals surface area contributed by atoms with Gasteiger partial charge < -0.3 is 4.90 Å². The predicted molar refractivity (Wildman–Crippen MR) is 121 cm³/mol. The molecule has 32 heavy (non-hydrogen) atoms. The lowest BCUT2D eigenvalue weighted by molar-refractivity contribution is 0.0972. The Bertz CT molecular complexity index is 1380. The molecule has 0 spiro atoms. The number of ketones is 1.